The number of carbonyl (C=O) groups excluding carboxylic acids is 2. The third kappa shape index (κ3) is 5.64. The Morgan fingerprint density at radius 3 is 2.04 bits per heavy atom. The van der Waals surface area contributed by atoms with Gasteiger partial charge < -0.3 is 9.47 Å². The summed E-state index contributed by atoms with van der Waals surface area (Å²) in [6.07, 6.45) is 0. The lowest BCUT2D eigenvalue weighted by atomic mass is 10.1. The van der Waals surface area contributed by atoms with E-state index in [9.17, 15) is 19.7 Å². The van der Waals surface area contributed by atoms with E-state index in [-0.39, 0.29) is 18.2 Å². The van der Waals surface area contributed by atoms with Crippen molar-refractivity contribution in [3.8, 4) is 0 Å². The van der Waals surface area contributed by atoms with Crippen molar-refractivity contribution in [3.63, 3.8) is 0 Å². The molecule has 0 radical (unpaired) electrons. The number of benzene rings is 2. The quantitative estimate of drug-likeness (QED) is 0.413. The van der Waals surface area contributed by atoms with Crippen molar-refractivity contribution in [1.82, 2.24) is 0 Å². The van der Waals surface area contributed by atoms with Crippen molar-refractivity contribution < 1.29 is 24.0 Å². The molecule has 0 aromatic heterocycles. The third-order valence-corrected chi connectivity index (χ3v) is 3.73. The number of esters is 2. The molecule has 0 amide bonds. The Kier molecular flexibility index (Phi) is 6.65. The summed E-state index contributed by atoms with van der Waals surface area (Å²) in [6, 6.07) is 10.6. The number of nitrogens with zero attached hydrogens (tertiary/aromatic N) is 1. The Bertz CT molecular complexity index is 842. The van der Waals surface area contributed by atoms with E-state index in [0.717, 1.165) is 0 Å². The van der Waals surface area contributed by atoms with Crippen molar-refractivity contribution in [2.45, 2.75) is 27.4 Å². The number of aryl methyl sites for hydroxylation is 1. The van der Waals surface area contributed by atoms with Crippen molar-refractivity contribution >= 4 is 17.6 Å². The van der Waals surface area contributed by atoms with Crippen molar-refractivity contribution in [3.05, 3.63) is 74.8 Å². The van der Waals surface area contributed by atoms with Gasteiger partial charge in [0.2, 0.25) is 0 Å². The molecule has 0 bridgehead atoms. The topological polar surface area (TPSA) is 95.7 Å². The molecule has 0 spiro atoms. The van der Waals surface area contributed by atoms with Gasteiger partial charge in [-0.25, -0.2) is 9.59 Å². The first kappa shape index (κ1) is 20.1. The lowest BCUT2D eigenvalue weighted by Crippen LogP contribution is -2.11. The predicted octanol–water partition coefficient (Wildman–Crippen LogP) is 4.07. The smallest absolute Gasteiger partial charge is 0.338 e. The summed E-state index contributed by atoms with van der Waals surface area (Å²) in [7, 11) is 0. The zero-order valence-corrected chi connectivity index (χ0v) is 15.4. The number of hydrogen-bond donors (Lipinski definition) is 0. The fourth-order valence-electron chi connectivity index (χ4n) is 2.31. The fourth-order valence-corrected chi connectivity index (χ4v) is 2.31. The molecule has 0 N–H and O–H groups in total. The zero-order chi connectivity index (χ0) is 20.0. The van der Waals surface area contributed by atoms with Gasteiger partial charge in [0.15, 0.2) is 0 Å². The molecular weight excluding hydrogens is 350 g/mol. The molecule has 0 aliphatic heterocycles. The van der Waals surface area contributed by atoms with Gasteiger partial charge in [0.25, 0.3) is 5.69 Å². The highest BCUT2D eigenvalue weighted by molar-refractivity contribution is 5.93. The van der Waals surface area contributed by atoms with Crippen LogP contribution in [0.2, 0.25) is 0 Å². The van der Waals surface area contributed by atoms with Gasteiger partial charge in [0, 0.05) is 11.6 Å². The van der Waals surface area contributed by atoms with Crippen LogP contribution in [0.5, 0.6) is 0 Å². The van der Waals surface area contributed by atoms with Crippen LogP contribution in [0, 0.1) is 23.0 Å². The highest BCUT2D eigenvalue weighted by atomic mass is 16.6. The van der Waals surface area contributed by atoms with Gasteiger partial charge in [-0.05, 0) is 54.8 Å². The first-order chi connectivity index (χ1) is 12.8. The largest absolute Gasteiger partial charge is 0.462 e. The van der Waals surface area contributed by atoms with Gasteiger partial charge in [-0.2, -0.15) is 0 Å². The summed E-state index contributed by atoms with van der Waals surface area (Å²) in [4.78, 5) is 34.4. The third-order valence-electron chi connectivity index (χ3n) is 3.73. The first-order valence-corrected chi connectivity index (χ1v) is 8.46. The minimum Gasteiger partial charge on any atom is -0.462 e. The lowest BCUT2D eigenvalue weighted by Gasteiger charge is -2.08. The SMILES string of the molecule is Cc1cc(COC(=O)c2ccc(C(=O)OCC(C)C)cc2)ccc1[N+](=O)[O-]. The van der Waals surface area contributed by atoms with E-state index >= 15 is 0 Å². The highest BCUT2D eigenvalue weighted by Gasteiger charge is 2.13. The van der Waals surface area contributed by atoms with Gasteiger partial charge in [-0.15, -0.1) is 0 Å². The van der Waals surface area contributed by atoms with Crippen LogP contribution in [0.15, 0.2) is 42.5 Å². The summed E-state index contributed by atoms with van der Waals surface area (Å²) in [5, 5.41) is 10.8. The van der Waals surface area contributed by atoms with Gasteiger partial charge in [0.1, 0.15) is 6.61 Å². The highest BCUT2D eigenvalue weighted by Crippen LogP contribution is 2.19. The number of nitro groups is 1. The second-order valence-corrected chi connectivity index (χ2v) is 6.52. The Labute approximate surface area is 157 Å². The number of ether oxygens (including phenoxy) is 2. The predicted molar refractivity (Wildman–Crippen MR) is 98.5 cm³/mol. The van der Waals surface area contributed by atoms with E-state index < -0.39 is 16.9 Å². The van der Waals surface area contributed by atoms with Gasteiger partial charge in [0.05, 0.1) is 22.7 Å². The summed E-state index contributed by atoms with van der Waals surface area (Å²) in [5.74, 6) is -0.746. The van der Waals surface area contributed by atoms with E-state index in [1.54, 1.807) is 19.1 Å². The maximum absolute atomic E-state index is 12.1. The van der Waals surface area contributed by atoms with E-state index in [0.29, 0.717) is 28.9 Å². The molecule has 0 aliphatic carbocycles. The van der Waals surface area contributed by atoms with Gasteiger partial charge in [-0.3, -0.25) is 10.1 Å². The van der Waals surface area contributed by atoms with E-state index in [1.165, 1.54) is 30.3 Å². The molecule has 2 aromatic carbocycles. The van der Waals surface area contributed by atoms with Crippen molar-refractivity contribution in [2.75, 3.05) is 6.61 Å². The maximum atomic E-state index is 12.1. The second kappa shape index (κ2) is 8.93. The minimum atomic E-state index is -0.548. The molecule has 7 nitrogen and oxygen atoms in total. The van der Waals surface area contributed by atoms with Crippen LogP contribution < -0.4 is 0 Å². The molecule has 2 rings (SSSR count). The summed E-state index contributed by atoms with van der Waals surface area (Å²) >= 11 is 0. The summed E-state index contributed by atoms with van der Waals surface area (Å²) < 4.78 is 10.4. The molecule has 142 valence electrons. The minimum absolute atomic E-state index is 0.00412. The van der Waals surface area contributed by atoms with Gasteiger partial charge in [-0.1, -0.05) is 13.8 Å². The Balaban J connectivity index is 1.95. The molecule has 0 heterocycles. The molecule has 0 saturated heterocycles. The van der Waals surface area contributed by atoms with Crippen LogP contribution in [0.1, 0.15) is 45.7 Å². The number of nitro benzene ring substituents is 1. The molecule has 0 atom stereocenters. The fraction of sp³-hybridized carbons (Fsp3) is 0.300. The Hall–Kier alpha value is -3.22. The molecular formula is C20H21NO6. The number of hydrogen-bond acceptors (Lipinski definition) is 6. The van der Waals surface area contributed by atoms with E-state index in [1.807, 2.05) is 13.8 Å². The molecule has 7 heteroatoms. The number of rotatable bonds is 7. The average Bonchev–Trinajstić information content (AvgIpc) is 2.64. The molecule has 0 aliphatic rings. The normalized spacial score (nSPS) is 10.5. The van der Waals surface area contributed by atoms with Crippen LogP contribution in [-0.4, -0.2) is 23.5 Å². The van der Waals surface area contributed by atoms with Gasteiger partial charge >= 0.3 is 11.9 Å². The Morgan fingerprint density at radius 2 is 1.56 bits per heavy atom. The maximum Gasteiger partial charge on any atom is 0.338 e. The summed E-state index contributed by atoms with van der Waals surface area (Å²) in [6.45, 7) is 5.84. The van der Waals surface area contributed by atoms with E-state index in [4.69, 9.17) is 9.47 Å². The van der Waals surface area contributed by atoms with Crippen LogP contribution in [0.4, 0.5) is 5.69 Å². The Morgan fingerprint density at radius 1 is 1.00 bits per heavy atom. The molecule has 27 heavy (non-hydrogen) atoms. The summed E-state index contributed by atoms with van der Waals surface area (Å²) in [5.41, 5.74) is 1.83. The monoisotopic (exact) mass is 371 g/mol. The molecule has 0 saturated carbocycles. The average molecular weight is 371 g/mol. The lowest BCUT2D eigenvalue weighted by molar-refractivity contribution is -0.385. The van der Waals surface area contributed by atoms with Crippen LogP contribution in [0.3, 0.4) is 0 Å². The molecule has 0 fully saturated rings. The second-order valence-electron chi connectivity index (χ2n) is 6.52. The van der Waals surface area contributed by atoms with Crippen LogP contribution >= 0.6 is 0 Å². The van der Waals surface area contributed by atoms with Crippen molar-refractivity contribution in [2.24, 2.45) is 5.92 Å². The van der Waals surface area contributed by atoms with Crippen LogP contribution in [0.25, 0.3) is 0 Å². The molecule has 0 unspecified atom stereocenters. The van der Waals surface area contributed by atoms with Crippen molar-refractivity contribution in [1.29, 1.82) is 0 Å². The molecule has 2 aromatic rings. The first-order valence-electron chi connectivity index (χ1n) is 8.46. The zero-order valence-electron chi connectivity index (χ0n) is 15.4. The standard InChI is InChI=1S/C20H21NO6/c1-13(2)11-26-19(22)16-5-7-17(8-6-16)20(23)27-12-15-4-9-18(21(24)25)14(3)10-15/h4-10,13H,11-12H2,1-3H3. The number of carbonyl (C=O) groups is 2. The van der Waals surface area contributed by atoms with E-state index in [2.05, 4.69) is 0 Å². The van der Waals surface area contributed by atoms with Crippen LogP contribution in [-0.2, 0) is 16.1 Å².